The lowest BCUT2D eigenvalue weighted by molar-refractivity contribution is -0.156. The quantitative estimate of drug-likeness (QED) is 0.594. The van der Waals surface area contributed by atoms with Crippen molar-refractivity contribution in [1.29, 1.82) is 0 Å². The highest BCUT2D eigenvalue weighted by atomic mass is 16.6. The van der Waals surface area contributed by atoms with Gasteiger partial charge in [-0.3, -0.25) is 4.79 Å². The van der Waals surface area contributed by atoms with Crippen LogP contribution in [0.1, 0.15) is 46.5 Å². The first-order chi connectivity index (χ1) is 5.58. The van der Waals surface area contributed by atoms with E-state index in [4.69, 9.17) is 4.74 Å². The van der Waals surface area contributed by atoms with Gasteiger partial charge in [0, 0.05) is 6.42 Å². The summed E-state index contributed by atoms with van der Waals surface area (Å²) in [5.41, 5.74) is -0.494. The molecule has 0 bridgehead atoms. The summed E-state index contributed by atoms with van der Waals surface area (Å²) in [7, 11) is 0. The SMILES string of the molecule is [CH2]C(CC)(CC)OC(=O)CCC. The van der Waals surface area contributed by atoms with E-state index in [9.17, 15) is 4.79 Å². The van der Waals surface area contributed by atoms with E-state index in [0.717, 1.165) is 19.3 Å². The number of rotatable bonds is 5. The van der Waals surface area contributed by atoms with Crippen LogP contribution in [0.15, 0.2) is 0 Å². The second-order valence-corrected chi connectivity index (χ2v) is 3.11. The van der Waals surface area contributed by atoms with Crippen molar-refractivity contribution in [2.75, 3.05) is 0 Å². The van der Waals surface area contributed by atoms with E-state index in [1.54, 1.807) is 0 Å². The van der Waals surface area contributed by atoms with Crippen molar-refractivity contribution in [2.24, 2.45) is 0 Å². The molecule has 0 fully saturated rings. The van der Waals surface area contributed by atoms with Crippen LogP contribution in [-0.2, 0) is 9.53 Å². The van der Waals surface area contributed by atoms with E-state index in [1.807, 2.05) is 20.8 Å². The van der Waals surface area contributed by atoms with Gasteiger partial charge in [0.2, 0.25) is 0 Å². The molecule has 0 aliphatic rings. The van der Waals surface area contributed by atoms with Gasteiger partial charge in [-0.15, -0.1) is 0 Å². The third-order valence-electron chi connectivity index (χ3n) is 2.07. The number of hydrogen-bond donors (Lipinski definition) is 0. The number of esters is 1. The number of carbonyl (C=O) groups excluding carboxylic acids is 1. The summed E-state index contributed by atoms with van der Waals surface area (Å²) in [5.74, 6) is -0.129. The van der Waals surface area contributed by atoms with Gasteiger partial charge in [0.05, 0.1) is 0 Å². The molecule has 1 radical (unpaired) electrons. The second-order valence-electron chi connectivity index (χ2n) is 3.11. The molecule has 0 N–H and O–H groups in total. The Hall–Kier alpha value is -0.530. The molecule has 0 aliphatic carbocycles. The van der Waals surface area contributed by atoms with Gasteiger partial charge in [0.25, 0.3) is 0 Å². The smallest absolute Gasteiger partial charge is 0.306 e. The zero-order chi connectivity index (χ0) is 9.61. The largest absolute Gasteiger partial charge is 0.459 e. The maximum atomic E-state index is 11.1. The average Bonchev–Trinajstić information content (AvgIpc) is 2.05. The highest BCUT2D eigenvalue weighted by molar-refractivity contribution is 5.69. The highest BCUT2D eigenvalue weighted by Crippen LogP contribution is 2.19. The van der Waals surface area contributed by atoms with Gasteiger partial charge in [0.15, 0.2) is 0 Å². The maximum absolute atomic E-state index is 11.1. The normalized spacial score (nSPS) is 11.3. The number of carbonyl (C=O) groups is 1. The van der Waals surface area contributed by atoms with Crippen molar-refractivity contribution >= 4 is 5.97 Å². The van der Waals surface area contributed by atoms with Crippen molar-refractivity contribution in [3.05, 3.63) is 6.92 Å². The highest BCUT2D eigenvalue weighted by Gasteiger charge is 2.23. The Balaban J connectivity index is 3.93. The van der Waals surface area contributed by atoms with Gasteiger partial charge in [-0.2, -0.15) is 0 Å². The molecule has 0 unspecified atom stereocenters. The van der Waals surface area contributed by atoms with E-state index in [1.165, 1.54) is 0 Å². The number of hydrogen-bond acceptors (Lipinski definition) is 2. The molecule has 0 spiro atoms. The molecule has 0 saturated carbocycles. The molecule has 0 aromatic rings. The fraction of sp³-hybridized carbons (Fsp3) is 0.800. The Morgan fingerprint density at radius 2 is 1.83 bits per heavy atom. The Labute approximate surface area is 75.3 Å². The van der Waals surface area contributed by atoms with Gasteiger partial charge >= 0.3 is 5.97 Å². The minimum absolute atomic E-state index is 0.129. The van der Waals surface area contributed by atoms with E-state index in [0.29, 0.717) is 6.42 Å². The monoisotopic (exact) mass is 171 g/mol. The molecule has 0 saturated heterocycles. The molecule has 0 aromatic carbocycles. The van der Waals surface area contributed by atoms with Crippen LogP contribution in [-0.4, -0.2) is 11.6 Å². The average molecular weight is 171 g/mol. The zero-order valence-corrected chi connectivity index (χ0v) is 8.35. The van der Waals surface area contributed by atoms with E-state index in [-0.39, 0.29) is 5.97 Å². The predicted octanol–water partition coefficient (Wildman–Crippen LogP) is 2.72. The molecule has 0 atom stereocenters. The van der Waals surface area contributed by atoms with Crippen LogP contribution < -0.4 is 0 Å². The lowest BCUT2D eigenvalue weighted by atomic mass is 10.0. The molecule has 0 aliphatic heterocycles. The minimum atomic E-state index is -0.494. The summed E-state index contributed by atoms with van der Waals surface area (Å²) in [4.78, 5) is 11.1. The van der Waals surface area contributed by atoms with E-state index >= 15 is 0 Å². The Kier molecular flexibility index (Phi) is 4.95. The lowest BCUT2D eigenvalue weighted by Gasteiger charge is -2.26. The van der Waals surface area contributed by atoms with Gasteiger partial charge < -0.3 is 4.74 Å². The van der Waals surface area contributed by atoms with Crippen molar-refractivity contribution < 1.29 is 9.53 Å². The fourth-order valence-electron chi connectivity index (χ4n) is 0.891. The molecular formula is C10H19O2. The molecule has 0 aromatic heterocycles. The summed E-state index contributed by atoms with van der Waals surface area (Å²) in [6.07, 6.45) is 2.89. The van der Waals surface area contributed by atoms with E-state index < -0.39 is 5.60 Å². The fourth-order valence-corrected chi connectivity index (χ4v) is 0.891. The first-order valence-electron chi connectivity index (χ1n) is 4.65. The van der Waals surface area contributed by atoms with Gasteiger partial charge in [-0.25, -0.2) is 0 Å². The molecule has 2 heteroatoms. The summed E-state index contributed by atoms with van der Waals surface area (Å²) < 4.78 is 5.23. The van der Waals surface area contributed by atoms with Crippen LogP contribution in [0.25, 0.3) is 0 Å². The van der Waals surface area contributed by atoms with Crippen molar-refractivity contribution in [2.45, 2.75) is 52.1 Å². The molecule has 12 heavy (non-hydrogen) atoms. The molecule has 2 nitrogen and oxygen atoms in total. The van der Waals surface area contributed by atoms with Crippen LogP contribution >= 0.6 is 0 Å². The van der Waals surface area contributed by atoms with Gasteiger partial charge in [-0.1, -0.05) is 20.8 Å². The van der Waals surface area contributed by atoms with Gasteiger partial charge in [0.1, 0.15) is 5.60 Å². The van der Waals surface area contributed by atoms with Crippen LogP contribution in [0.3, 0.4) is 0 Å². The Morgan fingerprint density at radius 1 is 1.33 bits per heavy atom. The van der Waals surface area contributed by atoms with E-state index in [2.05, 4.69) is 6.92 Å². The maximum Gasteiger partial charge on any atom is 0.306 e. The molecular weight excluding hydrogens is 152 g/mol. The van der Waals surface area contributed by atoms with Crippen molar-refractivity contribution in [3.8, 4) is 0 Å². The summed E-state index contributed by atoms with van der Waals surface area (Å²) in [6.45, 7) is 9.81. The first-order valence-corrected chi connectivity index (χ1v) is 4.65. The van der Waals surface area contributed by atoms with Crippen LogP contribution in [0.4, 0.5) is 0 Å². The Morgan fingerprint density at radius 3 is 2.17 bits per heavy atom. The molecule has 0 amide bonds. The predicted molar refractivity (Wildman–Crippen MR) is 49.7 cm³/mol. The molecule has 0 heterocycles. The number of ether oxygens (including phenoxy) is 1. The topological polar surface area (TPSA) is 26.3 Å². The van der Waals surface area contributed by atoms with Crippen molar-refractivity contribution in [3.63, 3.8) is 0 Å². The van der Waals surface area contributed by atoms with Crippen molar-refractivity contribution in [1.82, 2.24) is 0 Å². The minimum Gasteiger partial charge on any atom is -0.459 e. The Bertz CT molecular complexity index is 137. The summed E-state index contributed by atoms with van der Waals surface area (Å²) in [5, 5.41) is 0. The lowest BCUT2D eigenvalue weighted by Crippen LogP contribution is -2.30. The molecule has 0 rings (SSSR count). The third-order valence-corrected chi connectivity index (χ3v) is 2.07. The zero-order valence-electron chi connectivity index (χ0n) is 8.35. The van der Waals surface area contributed by atoms with Crippen LogP contribution in [0.2, 0.25) is 0 Å². The van der Waals surface area contributed by atoms with Gasteiger partial charge in [-0.05, 0) is 26.2 Å². The second kappa shape index (κ2) is 5.18. The third kappa shape index (κ3) is 3.74. The summed E-state index contributed by atoms with van der Waals surface area (Å²) in [6, 6.07) is 0. The molecule has 71 valence electrons. The standard InChI is InChI=1S/C10H19O2/c1-5-8-9(11)12-10(4,6-2)7-3/h4-8H2,1-3H3. The van der Waals surface area contributed by atoms with Crippen LogP contribution in [0, 0.1) is 6.92 Å². The van der Waals surface area contributed by atoms with Crippen LogP contribution in [0.5, 0.6) is 0 Å². The summed E-state index contributed by atoms with van der Waals surface area (Å²) >= 11 is 0. The first kappa shape index (κ1) is 11.5.